The molecule has 1 fully saturated rings. The van der Waals surface area contributed by atoms with Gasteiger partial charge in [0.05, 0.1) is 18.8 Å². The van der Waals surface area contributed by atoms with Crippen molar-refractivity contribution in [1.29, 1.82) is 0 Å². The molecule has 8 nitrogen and oxygen atoms in total. The number of carbonyl (C=O) groups is 2. The van der Waals surface area contributed by atoms with Crippen LogP contribution in [-0.2, 0) is 25.4 Å². The summed E-state index contributed by atoms with van der Waals surface area (Å²) in [5, 5.41) is 8.94. The van der Waals surface area contributed by atoms with Crippen molar-refractivity contribution in [3.05, 3.63) is 35.9 Å². The van der Waals surface area contributed by atoms with Crippen LogP contribution in [0.15, 0.2) is 30.3 Å². The highest BCUT2D eigenvalue weighted by Gasteiger charge is 2.29. The predicted molar refractivity (Wildman–Crippen MR) is 109 cm³/mol. The quantitative estimate of drug-likeness (QED) is 0.620. The third kappa shape index (κ3) is 7.38. The third-order valence-corrected chi connectivity index (χ3v) is 6.28. The topological polar surface area (TPSA) is 98.2 Å². The van der Waals surface area contributed by atoms with Crippen molar-refractivity contribution in [2.24, 2.45) is 0 Å². The van der Waals surface area contributed by atoms with Crippen LogP contribution in [-0.4, -0.2) is 85.3 Å². The van der Waals surface area contributed by atoms with Crippen LogP contribution in [0.2, 0.25) is 0 Å². The van der Waals surface area contributed by atoms with E-state index in [1.165, 1.54) is 4.31 Å². The van der Waals surface area contributed by atoms with E-state index in [2.05, 4.69) is 0 Å². The van der Waals surface area contributed by atoms with Crippen LogP contribution in [0.5, 0.6) is 0 Å². The number of benzene rings is 1. The van der Waals surface area contributed by atoms with E-state index in [9.17, 15) is 18.0 Å². The highest BCUT2D eigenvalue weighted by Crippen LogP contribution is 2.14. The van der Waals surface area contributed by atoms with Gasteiger partial charge in [0.2, 0.25) is 15.9 Å². The van der Waals surface area contributed by atoms with E-state index in [0.717, 1.165) is 12.0 Å². The van der Waals surface area contributed by atoms with E-state index < -0.39 is 16.0 Å². The molecule has 0 aliphatic carbocycles. The van der Waals surface area contributed by atoms with Crippen molar-refractivity contribution in [3.63, 3.8) is 0 Å². The maximum Gasteiger partial charge on any atom is 0.317 e. The number of nitrogens with zero attached hydrogens (tertiary/aromatic N) is 3. The van der Waals surface area contributed by atoms with Gasteiger partial charge in [0, 0.05) is 26.2 Å². The predicted octanol–water partition coefficient (Wildman–Crippen LogP) is 0.879. The summed E-state index contributed by atoms with van der Waals surface area (Å²) in [4.78, 5) is 26.6. The van der Waals surface area contributed by atoms with E-state index in [-0.39, 0.29) is 50.2 Å². The second-order valence-electron chi connectivity index (χ2n) is 6.63. The Morgan fingerprint density at radius 2 is 1.68 bits per heavy atom. The van der Waals surface area contributed by atoms with Gasteiger partial charge in [-0.2, -0.15) is 4.31 Å². The number of rotatable bonds is 9. The first-order valence-electron chi connectivity index (χ1n) is 9.05. The Morgan fingerprint density at radius 1 is 1.07 bits per heavy atom. The molecule has 0 spiro atoms. The van der Waals surface area contributed by atoms with Crippen molar-refractivity contribution in [3.8, 4) is 0 Å². The fraction of sp³-hybridized carbons (Fsp3) is 0.556. The molecule has 1 heterocycles. The van der Waals surface area contributed by atoms with Gasteiger partial charge in [-0.25, -0.2) is 8.42 Å². The molecule has 1 aromatic carbocycles. The summed E-state index contributed by atoms with van der Waals surface area (Å²) in [6.45, 7) is 3.47. The Balaban J connectivity index is 0.00000392. The normalized spacial score (nSPS) is 15.3. The van der Waals surface area contributed by atoms with Crippen LogP contribution >= 0.6 is 12.4 Å². The molecule has 158 valence electrons. The van der Waals surface area contributed by atoms with Crippen molar-refractivity contribution in [2.75, 3.05) is 45.8 Å². The molecule has 28 heavy (non-hydrogen) atoms. The molecular formula is C18H28ClN3O5S. The minimum absolute atomic E-state index is 0. The molecular weight excluding hydrogens is 406 g/mol. The molecule has 1 aromatic rings. The average molecular weight is 434 g/mol. The molecule has 0 unspecified atom stereocenters. The van der Waals surface area contributed by atoms with Crippen molar-refractivity contribution >= 4 is 34.3 Å². The van der Waals surface area contributed by atoms with Crippen LogP contribution in [0, 0.1) is 0 Å². The van der Waals surface area contributed by atoms with Crippen LogP contribution in [0.3, 0.4) is 0 Å². The molecule has 1 N–H and O–H groups in total. The standard InChI is InChI=1S/C18H27N3O5S.ClH/c1-2-8-19(14-18(23)24)13-17(22)20-9-11-21(12-10-20)27(25,26)15-16-6-4-3-5-7-16;/h3-7H,2,8-15H2,1H3,(H,23,24);1H. The van der Waals surface area contributed by atoms with E-state index in [1.807, 2.05) is 13.0 Å². The summed E-state index contributed by atoms with van der Waals surface area (Å²) >= 11 is 0. The summed E-state index contributed by atoms with van der Waals surface area (Å²) < 4.78 is 26.6. The van der Waals surface area contributed by atoms with Crippen LogP contribution in [0.1, 0.15) is 18.9 Å². The fourth-order valence-electron chi connectivity index (χ4n) is 3.10. The van der Waals surface area contributed by atoms with Gasteiger partial charge in [0.15, 0.2) is 0 Å². The largest absolute Gasteiger partial charge is 0.480 e. The first-order chi connectivity index (χ1) is 12.8. The summed E-state index contributed by atoms with van der Waals surface area (Å²) in [5.74, 6) is -1.18. The van der Waals surface area contributed by atoms with Crippen LogP contribution in [0.4, 0.5) is 0 Å². The van der Waals surface area contributed by atoms with Gasteiger partial charge in [0.25, 0.3) is 0 Å². The molecule has 0 bridgehead atoms. The highest BCUT2D eigenvalue weighted by molar-refractivity contribution is 7.88. The number of carboxylic acids is 1. The Morgan fingerprint density at radius 3 is 2.21 bits per heavy atom. The number of amides is 1. The fourth-order valence-corrected chi connectivity index (χ4v) is 4.62. The molecule has 1 aliphatic heterocycles. The molecule has 1 aliphatic rings. The molecule has 0 radical (unpaired) electrons. The second kappa shape index (κ2) is 11.4. The average Bonchev–Trinajstić information content (AvgIpc) is 2.62. The number of sulfonamides is 1. The van der Waals surface area contributed by atoms with E-state index in [0.29, 0.717) is 19.6 Å². The van der Waals surface area contributed by atoms with Gasteiger partial charge in [0.1, 0.15) is 0 Å². The van der Waals surface area contributed by atoms with Gasteiger partial charge in [-0.15, -0.1) is 12.4 Å². The van der Waals surface area contributed by atoms with E-state index in [1.54, 1.807) is 34.1 Å². The smallest absolute Gasteiger partial charge is 0.317 e. The summed E-state index contributed by atoms with van der Waals surface area (Å²) in [6, 6.07) is 9.01. The van der Waals surface area contributed by atoms with E-state index in [4.69, 9.17) is 5.11 Å². The number of piperazine rings is 1. The zero-order valence-corrected chi connectivity index (χ0v) is 17.6. The highest BCUT2D eigenvalue weighted by atomic mass is 35.5. The monoisotopic (exact) mass is 433 g/mol. The molecule has 0 saturated carbocycles. The summed E-state index contributed by atoms with van der Waals surface area (Å²) in [5.41, 5.74) is 0.736. The minimum atomic E-state index is -3.43. The van der Waals surface area contributed by atoms with Crippen LogP contribution in [0.25, 0.3) is 0 Å². The van der Waals surface area contributed by atoms with Gasteiger partial charge in [-0.05, 0) is 18.5 Å². The van der Waals surface area contributed by atoms with Gasteiger partial charge in [-0.3, -0.25) is 14.5 Å². The molecule has 10 heteroatoms. The van der Waals surface area contributed by atoms with Crippen LogP contribution < -0.4 is 0 Å². The lowest BCUT2D eigenvalue weighted by Crippen LogP contribution is -2.53. The summed E-state index contributed by atoms with van der Waals surface area (Å²) in [7, 11) is -3.43. The third-order valence-electron chi connectivity index (χ3n) is 4.43. The first kappa shape index (κ1) is 24.4. The number of hydrogen-bond donors (Lipinski definition) is 1. The number of carbonyl (C=O) groups excluding carboxylic acids is 1. The Kier molecular flexibility index (Phi) is 9.88. The molecule has 1 amide bonds. The molecule has 2 rings (SSSR count). The zero-order chi connectivity index (χ0) is 19.9. The lowest BCUT2D eigenvalue weighted by molar-refractivity contribution is -0.140. The maximum absolute atomic E-state index is 12.6. The second-order valence-corrected chi connectivity index (χ2v) is 8.59. The van der Waals surface area contributed by atoms with Gasteiger partial charge >= 0.3 is 5.97 Å². The number of aliphatic carboxylic acids is 1. The van der Waals surface area contributed by atoms with Crippen molar-refractivity contribution < 1.29 is 23.1 Å². The lowest BCUT2D eigenvalue weighted by Gasteiger charge is -2.35. The number of halogens is 1. The molecule has 0 atom stereocenters. The number of hydrogen-bond acceptors (Lipinski definition) is 5. The molecule has 0 aromatic heterocycles. The first-order valence-corrected chi connectivity index (χ1v) is 10.7. The van der Waals surface area contributed by atoms with Crippen molar-refractivity contribution in [1.82, 2.24) is 14.1 Å². The minimum Gasteiger partial charge on any atom is -0.480 e. The zero-order valence-electron chi connectivity index (χ0n) is 16.0. The Labute approximate surface area is 172 Å². The van der Waals surface area contributed by atoms with E-state index >= 15 is 0 Å². The van der Waals surface area contributed by atoms with Gasteiger partial charge in [-0.1, -0.05) is 37.3 Å². The maximum atomic E-state index is 12.6. The van der Waals surface area contributed by atoms with Gasteiger partial charge < -0.3 is 10.0 Å². The lowest BCUT2D eigenvalue weighted by atomic mass is 10.2. The number of carboxylic acid groups (broad SMARTS) is 1. The SMILES string of the molecule is CCCN(CC(=O)O)CC(=O)N1CCN(S(=O)(=O)Cc2ccccc2)CC1.Cl. The Hall–Kier alpha value is -1.68. The molecule has 1 saturated heterocycles. The summed E-state index contributed by atoms with van der Waals surface area (Å²) in [6.07, 6.45) is 0.756. The van der Waals surface area contributed by atoms with Crippen molar-refractivity contribution in [2.45, 2.75) is 19.1 Å². The Bertz CT molecular complexity index is 737.